The van der Waals surface area contributed by atoms with E-state index in [1.807, 2.05) is 13.8 Å². The van der Waals surface area contributed by atoms with Gasteiger partial charge in [0, 0.05) is 37.9 Å². The molecule has 0 bridgehead atoms. The zero-order chi connectivity index (χ0) is 16.7. The number of hydrogen-bond donors (Lipinski definition) is 0. The quantitative estimate of drug-likeness (QED) is 0.756. The molecule has 0 N–H and O–H groups in total. The monoisotopic (exact) mass is 297 g/mol. The van der Waals surface area contributed by atoms with Crippen LogP contribution in [0.3, 0.4) is 0 Å². The van der Waals surface area contributed by atoms with Crippen molar-refractivity contribution in [1.82, 2.24) is 0 Å². The third kappa shape index (κ3) is 4.45. The molecular weight excluding hydrogens is 268 g/mol. The molecule has 0 aromatic heterocycles. The summed E-state index contributed by atoms with van der Waals surface area (Å²) in [6.07, 6.45) is 8.73. The van der Waals surface area contributed by atoms with Crippen LogP contribution in [0.15, 0.2) is 55.1 Å². The van der Waals surface area contributed by atoms with Crippen molar-refractivity contribution in [3.05, 3.63) is 60.7 Å². The summed E-state index contributed by atoms with van der Waals surface area (Å²) in [5.74, 6) is 0.281. The van der Waals surface area contributed by atoms with Crippen molar-refractivity contribution < 1.29 is 4.58 Å². The van der Waals surface area contributed by atoms with E-state index in [4.69, 9.17) is 0 Å². The van der Waals surface area contributed by atoms with Crippen molar-refractivity contribution in [3.8, 4) is 0 Å². The molecule has 1 aromatic carbocycles. The Kier molecular flexibility index (Phi) is 6.84. The topological polar surface area (TPSA) is 6.25 Å². The molecule has 1 aliphatic carbocycles. The van der Waals surface area contributed by atoms with Gasteiger partial charge in [-0.3, -0.25) is 0 Å². The first-order valence-electron chi connectivity index (χ1n) is 7.86. The summed E-state index contributed by atoms with van der Waals surface area (Å²) in [5, 5.41) is 0. The fourth-order valence-electron chi connectivity index (χ4n) is 2.22. The summed E-state index contributed by atoms with van der Waals surface area (Å²) in [7, 11) is 8.21. The fraction of sp³-hybridized carbons (Fsp3) is 0.350. The van der Waals surface area contributed by atoms with Crippen molar-refractivity contribution in [2.24, 2.45) is 5.92 Å². The highest BCUT2D eigenvalue weighted by Gasteiger charge is 2.13. The van der Waals surface area contributed by atoms with Gasteiger partial charge in [0.1, 0.15) is 14.1 Å². The highest BCUT2D eigenvalue weighted by molar-refractivity contribution is 6.01. The average molecular weight is 297 g/mol. The summed E-state index contributed by atoms with van der Waals surface area (Å²) in [6.45, 7) is 8.25. The van der Waals surface area contributed by atoms with Gasteiger partial charge in [-0.25, -0.2) is 4.58 Å². The Balaban J connectivity index is 0.00000116. The average Bonchev–Trinajstić information content (AvgIpc) is 2.56. The van der Waals surface area contributed by atoms with Crippen molar-refractivity contribution in [2.45, 2.75) is 13.8 Å². The zero-order valence-electron chi connectivity index (χ0n) is 14.8. The van der Waals surface area contributed by atoms with Gasteiger partial charge in [-0.15, -0.1) is 0 Å². The van der Waals surface area contributed by atoms with Crippen LogP contribution in [-0.2, 0) is 0 Å². The molecule has 0 unspecified atom stereocenters. The summed E-state index contributed by atoms with van der Waals surface area (Å²) in [6, 6.07) is 8.55. The van der Waals surface area contributed by atoms with Gasteiger partial charge in [0.15, 0.2) is 5.71 Å². The van der Waals surface area contributed by atoms with E-state index in [-0.39, 0.29) is 5.92 Å². The molecule has 2 rings (SSSR count). The van der Waals surface area contributed by atoms with Gasteiger partial charge in [0.05, 0.1) is 0 Å². The first-order chi connectivity index (χ1) is 10.5. The Morgan fingerprint density at radius 3 is 1.91 bits per heavy atom. The van der Waals surface area contributed by atoms with E-state index < -0.39 is 0 Å². The Bertz CT molecular complexity index is 567. The largest absolute Gasteiger partial charge is 0.378 e. The molecule has 0 saturated heterocycles. The maximum absolute atomic E-state index is 4.25. The minimum Gasteiger partial charge on any atom is -0.378 e. The molecule has 0 saturated carbocycles. The molecule has 22 heavy (non-hydrogen) atoms. The van der Waals surface area contributed by atoms with Crippen molar-refractivity contribution in [2.75, 3.05) is 33.1 Å². The van der Waals surface area contributed by atoms with E-state index in [0.717, 1.165) is 5.57 Å². The first-order valence-corrected chi connectivity index (χ1v) is 7.86. The summed E-state index contributed by atoms with van der Waals surface area (Å²) in [4.78, 5) is 2.10. The Morgan fingerprint density at radius 2 is 1.50 bits per heavy atom. The smallest absolute Gasteiger partial charge is 0.198 e. The standard InChI is InChI=1S/C18H23N2.C2H6/c1-14(15-6-10-17(11-7-15)19(2)3)16-8-12-18(13-9-16)20(4)5;1-2/h6-13,15H,1H2,2-5H3;1-2H3/q+1;. The molecule has 1 aromatic rings. The van der Waals surface area contributed by atoms with Crippen LogP contribution in [0, 0.1) is 5.92 Å². The lowest BCUT2D eigenvalue weighted by molar-refractivity contribution is -0.462. The second-order valence-corrected chi connectivity index (χ2v) is 5.53. The maximum atomic E-state index is 4.25. The third-order valence-corrected chi connectivity index (χ3v) is 3.62. The Labute approximate surface area is 135 Å². The number of nitrogens with zero attached hydrogens (tertiary/aromatic N) is 2. The van der Waals surface area contributed by atoms with Gasteiger partial charge in [-0.05, 0) is 23.3 Å². The predicted molar refractivity (Wildman–Crippen MR) is 100 cm³/mol. The van der Waals surface area contributed by atoms with E-state index in [2.05, 4.69) is 92.8 Å². The van der Waals surface area contributed by atoms with E-state index >= 15 is 0 Å². The van der Waals surface area contributed by atoms with Gasteiger partial charge >= 0.3 is 0 Å². The molecule has 2 nitrogen and oxygen atoms in total. The number of benzene rings is 1. The van der Waals surface area contributed by atoms with Gasteiger partial charge in [-0.1, -0.05) is 44.7 Å². The van der Waals surface area contributed by atoms with Crippen molar-refractivity contribution in [3.63, 3.8) is 0 Å². The van der Waals surface area contributed by atoms with E-state index in [1.165, 1.54) is 17.0 Å². The lowest BCUT2D eigenvalue weighted by Gasteiger charge is -2.17. The number of rotatable bonds is 3. The summed E-state index contributed by atoms with van der Waals surface area (Å²) >= 11 is 0. The zero-order valence-corrected chi connectivity index (χ0v) is 14.8. The molecule has 0 atom stereocenters. The molecule has 118 valence electrons. The lowest BCUT2D eigenvalue weighted by Crippen LogP contribution is -2.12. The van der Waals surface area contributed by atoms with Gasteiger partial charge in [0.2, 0.25) is 0 Å². The molecular formula is C20H29N2+. The van der Waals surface area contributed by atoms with Gasteiger partial charge in [-0.2, -0.15) is 0 Å². The van der Waals surface area contributed by atoms with Crippen LogP contribution in [0.1, 0.15) is 19.4 Å². The van der Waals surface area contributed by atoms with Gasteiger partial charge in [0.25, 0.3) is 0 Å². The van der Waals surface area contributed by atoms with E-state index in [1.54, 1.807) is 0 Å². The fourth-order valence-corrected chi connectivity index (χ4v) is 2.22. The molecule has 1 aliphatic rings. The van der Waals surface area contributed by atoms with Crippen LogP contribution in [0.4, 0.5) is 5.69 Å². The second-order valence-electron chi connectivity index (χ2n) is 5.53. The Morgan fingerprint density at radius 1 is 1.00 bits per heavy atom. The molecule has 0 spiro atoms. The van der Waals surface area contributed by atoms with Crippen LogP contribution >= 0.6 is 0 Å². The van der Waals surface area contributed by atoms with Crippen LogP contribution in [0.5, 0.6) is 0 Å². The molecule has 0 amide bonds. The highest BCUT2D eigenvalue weighted by atomic mass is 15.1. The predicted octanol–water partition coefficient (Wildman–Crippen LogP) is 4.25. The molecule has 0 fully saturated rings. The lowest BCUT2D eigenvalue weighted by atomic mass is 9.90. The van der Waals surface area contributed by atoms with Crippen LogP contribution < -0.4 is 4.90 Å². The van der Waals surface area contributed by atoms with Crippen LogP contribution in [-0.4, -0.2) is 38.5 Å². The molecule has 2 heteroatoms. The van der Waals surface area contributed by atoms with Crippen LogP contribution in [0.25, 0.3) is 5.57 Å². The number of anilines is 1. The number of allylic oxidation sites excluding steroid dienone is 5. The first kappa shape index (κ1) is 18.0. The number of hydrogen-bond acceptors (Lipinski definition) is 1. The summed E-state index contributed by atoms with van der Waals surface area (Å²) in [5.41, 5.74) is 4.76. The SMILES string of the molecule is C=C(c1ccc(N(C)C)cc1)C1C=CC(=[N+](C)C)C=C1.CC. The van der Waals surface area contributed by atoms with Crippen molar-refractivity contribution >= 4 is 17.0 Å². The third-order valence-electron chi connectivity index (χ3n) is 3.62. The highest BCUT2D eigenvalue weighted by Crippen LogP contribution is 2.27. The molecule has 0 radical (unpaired) electrons. The second kappa shape index (κ2) is 8.38. The summed E-state index contributed by atoms with van der Waals surface area (Å²) < 4.78 is 2.11. The minimum absolute atomic E-state index is 0.281. The normalized spacial score (nSPS) is 15.9. The van der Waals surface area contributed by atoms with E-state index in [0.29, 0.717) is 0 Å². The maximum Gasteiger partial charge on any atom is 0.198 e. The van der Waals surface area contributed by atoms with E-state index in [9.17, 15) is 0 Å². The van der Waals surface area contributed by atoms with Crippen molar-refractivity contribution in [1.29, 1.82) is 0 Å². The van der Waals surface area contributed by atoms with Gasteiger partial charge < -0.3 is 4.90 Å². The molecule has 0 heterocycles. The minimum atomic E-state index is 0.281. The van der Waals surface area contributed by atoms with Crippen LogP contribution in [0.2, 0.25) is 0 Å². The Hall–Kier alpha value is -2.09. The molecule has 0 aliphatic heterocycles.